The maximum absolute atomic E-state index is 13.8. The Hall–Kier alpha value is -2.23. The van der Waals surface area contributed by atoms with E-state index in [1.54, 1.807) is 29.2 Å². The topological polar surface area (TPSA) is 20.3 Å². The molecule has 0 saturated heterocycles. The molecule has 3 rings (SSSR count). The first-order chi connectivity index (χ1) is 10.1. The Kier molecular flexibility index (Phi) is 3.69. The summed E-state index contributed by atoms with van der Waals surface area (Å²) in [6, 6.07) is 12.2. The Morgan fingerprint density at radius 3 is 2.52 bits per heavy atom. The highest BCUT2D eigenvalue weighted by Crippen LogP contribution is 2.30. The van der Waals surface area contributed by atoms with Crippen LogP contribution in [0, 0.1) is 11.6 Å². The summed E-state index contributed by atoms with van der Waals surface area (Å²) in [6.07, 6.45) is 1.82. The van der Waals surface area contributed by atoms with E-state index in [0.29, 0.717) is 11.1 Å². The second-order valence-corrected chi connectivity index (χ2v) is 5.27. The van der Waals surface area contributed by atoms with Gasteiger partial charge in [0.05, 0.1) is 0 Å². The number of halogens is 2. The summed E-state index contributed by atoms with van der Waals surface area (Å²) in [6.45, 7) is 0.215. The third-order valence-corrected chi connectivity index (χ3v) is 3.62. The molecule has 108 valence electrons. The van der Waals surface area contributed by atoms with E-state index >= 15 is 0 Å². The molecule has 0 radical (unpaired) electrons. The average molecular weight is 287 g/mol. The molecule has 1 saturated carbocycles. The van der Waals surface area contributed by atoms with Gasteiger partial charge in [-0.15, -0.1) is 0 Å². The molecular formula is C17H15F2NO. The molecule has 21 heavy (non-hydrogen) atoms. The highest BCUT2D eigenvalue weighted by Gasteiger charge is 2.33. The van der Waals surface area contributed by atoms with Crippen molar-refractivity contribution >= 4 is 5.91 Å². The van der Waals surface area contributed by atoms with Crippen LogP contribution in [0.15, 0.2) is 48.5 Å². The Morgan fingerprint density at radius 1 is 1.10 bits per heavy atom. The number of hydrogen-bond donors (Lipinski definition) is 0. The standard InChI is InChI=1S/C17H15F2NO/c18-14-6-3-5-12(10-14)17(21)20(15-8-9-15)11-13-4-1-2-7-16(13)19/h1-7,10,15H,8-9,11H2. The van der Waals surface area contributed by atoms with Gasteiger partial charge in [0.15, 0.2) is 0 Å². The lowest BCUT2D eigenvalue weighted by Gasteiger charge is -2.23. The molecule has 1 fully saturated rings. The molecule has 0 N–H and O–H groups in total. The average Bonchev–Trinajstić information content (AvgIpc) is 3.30. The summed E-state index contributed by atoms with van der Waals surface area (Å²) >= 11 is 0. The van der Waals surface area contributed by atoms with Crippen molar-refractivity contribution in [3.05, 3.63) is 71.3 Å². The molecule has 1 amide bonds. The van der Waals surface area contributed by atoms with Gasteiger partial charge in [0.1, 0.15) is 11.6 Å². The van der Waals surface area contributed by atoms with Gasteiger partial charge in [-0.2, -0.15) is 0 Å². The lowest BCUT2D eigenvalue weighted by molar-refractivity contribution is 0.0728. The number of carbonyl (C=O) groups is 1. The van der Waals surface area contributed by atoms with Crippen LogP contribution in [0.5, 0.6) is 0 Å². The first kappa shape index (κ1) is 13.7. The SMILES string of the molecule is O=C(c1cccc(F)c1)N(Cc1ccccc1F)C1CC1. The summed E-state index contributed by atoms with van der Waals surface area (Å²) < 4.78 is 27.0. The van der Waals surface area contributed by atoms with Crippen molar-refractivity contribution in [1.82, 2.24) is 4.90 Å². The lowest BCUT2D eigenvalue weighted by Crippen LogP contribution is -2.33. The van der Waals surface area contributed by atoms with E-state index in [1.807, 2.05) is 0 Å². The van der Waals surface area contributed by atoms with Crippen molar-refractivity contribution in [2.24, 2.45) is 0 Å². The molecule has 0 heterocycles. The number of nitrogens with zero attached hydrogens (tertiary/aromatic N) is 1. The Balaban J connectivity index is 1.85. The van der Waals surface area contributed by atoms with Crippen molar-refractivity contribution in [3.63, 3.8) is 0 Å². The number of carbonyl (C=O) groups excluding carboxylic acids is 1. The minimum absolute atomic E-state index is 0.125. The maximum Gasteiger partial charge on any atom is 0.254 e. The minimum Gasteiger partial charge on any atom is -0.331 e. The fourth-order valence-electron chi connectivity index (χ4n) is 2.35. The normalized spacial score (nSPS) is 14.0. The van der Waals surface area contributed by atoms with E-state index in [9.17, 15) is 13.6 Å². The fraction of sp³-hybridized carbons (Fsp3) is 0.235. The molecule has 2 aromatic carbocycles. The maximum atomic E-state index is 13.8. The van der Waals surface area contributed by atoms with Crippen LogP contribution in [0.4, 0.5) is 8.78 Å². The molecule has 0 bridgehead atoms. The predicted molar refractivity (Wildman–Crippen MR) is 75.7 cm³/mol. The lowest BCUT2D eigenvalue weighted by atomic mass is 10.1. The van der Waals surface area contributed by atoms with Crippen LogP contribution < -0.4 is 0 Å². The monoisotopic (exact) mass is 287 g/mol. The van der Waals surface area contributed by atoms with Crippen LogP contribution in [-0.4, -0.2) is 16.8 Å². The molecular weight excluding hydrogens is 272 g/mol. The fourth-order valence-corrected chi connectivity index (χ4v) is 2.35. The molecule has 0 aromatic heterocycles. The van der Waals surface area contributed by atoms with Crippen LogP contribution >= 0.6 is 0 Å². The van der Waals surface area contributed by atoms with Gasteiger partial charge in [0.25, 0.3) is 5.91 Å². The van der Waals surface area contributed by atoms with E-state index < -0.39 is 5.82 Å². The van der Waals surface area contributed by atoms with Gasteiger partial charge in [-0.25, -0.2) is 8.78 Å². The summed E-state index contributed by atoms with van der Waals surface area (Å²) in [4.78, 5) is 14.2. The van der Waals surface area contributed by atoms with Crippen LogP contribution in [0.1, 0.15) is 28.8 Å². The van der Waals surface area contributed by atoms with Gasteiger partial charge >= 0.3 is 0 Å². The van der Waals surface area contributed by atoms with E-state index in [4.69, 9.17) is 0 Å². The summed E-state index contributed by atoms with van der Waals surface area (Å²) in [5.74, 6) is -1.02. The number of hydrogen-bond acceptors (Lipinski definition) is 1. The van der Waals surface area contributed by atoms with Gasteiger partial charge in [-0.1, -0.05) is 24.3 Å². The van der Waals surface area contributed by atoms with Crippen LogP contribution in [0.2, 0.25) is 0 Å². The van der Waals surface area contributed by atoms with E-state index in [0.717, 1.165) is 12.8 Å². The van der Waals surface area contributed by atoms with Crippen molar-refractivity contribution in [2.45, 2.75) is 25.4 Å². The Labute approximate surface area is 122 Å². The third kappa shape index (κ3) is 3.10. The zero-order valence-corrected chi connectivity index (χ0v) is 11.4. The van der Waals surface area contributed by atoms with Crippen LogP contribution in [0.25, 0.3) is 0 Å². The van der Waals surface area contributed by atoms with Crippen molar-refractivity contribution in [2.75, 3.05) is 0 Å². The third-order valence-electron chi connectivity index (χ3n) is 3.62. The Morgan fingerprint density at radius 2 is 1.86 bits per heavy atom. The molecule has 1 aliphatic rings. The first-order valence-electron chi connectivity index (χ1n) is 6.95. The van der Waals surface area contributed by atoms with Gasteiger partial charge in [-0.3, -0.25) is 4.79 Å². The quantitative estimate of drug-likeness (QED) is 0.838. The number of rotatable bonds is 4. The molecule has 2 aromatic rings. The number of benzene rings is 2. The van der Waals surface area contributed by atoms with Gasteiger partial charge in [-0.05, 0) is 37.1 Å². The molecule has 0 unspecified atom stereocenters. The summed E-state index contributed by atoms with van der Waals surface area (Å²) in [5, 5.41) is 0. The van der Waals surface area contributed by atoms with E-state index in [-0.39, 0.29) is 24.3 Å². The molecule has 1 aliphatic carbocycles. The predicted octanol–water partition coefficient (Wildman–Crippen LogP) is 3.77. The molecule has 0 aliphatic heterocycles. The van der Waals surface area contributed by atoms with Gasteiger partial charge < -0.3 is 4.90 Å². The van der Waals surface area contributed by atoms with E-state index in [2.05, 4.69) is 0 Å². The number of amides is 1. The summed E-state index contributed by atoms with van der Waals surface area (Å²) in [7, 11) is 0. The van der Waals surface area contributed by atoms with Crippen LogP contribution in [-0.2, 0) is 6.54 Å². The Bertz CT molecular complexity index is 667. The van der Waals surface area contributed by atoms with E-state index in [1.165, 1.54) is 24.3 Å². The zero-order valence-electron chi connectivity index (χ0n) is 11.4. The largest absolute Gasteiger partial charge is 0.331 e. The van der Waals surface area contributed by atoms with Crippen LogP contribution in [0.3, 0.4) is 0 Å². The molecule has 0 atom stereocenters. The highest BCUT2D eigenvalue weighted by molar-refractivity contribution is 5.94. The van der Waals surface area contributed by atoms with Gasteiger partial charge in [0, 0.05) is 23.7 Å². The minimum atomic E-state index is -0.442. The second-order valence-electron chi connectivity index (χ2n) is 5.27. The molecule has 4 heteroatoms. The van der Waals surface area contributed by atoms with Gasteiger partial charge in [0.2, 0.25) is 0 Å². The first-order valence-corrected chi connectivity index (χ1v) is 6.95. The van der Waals surface area contributed by atoms with Crippen molar-refractivity contribution < 1.29 is 13.6 Å². The smallest absolute Gasteiger partial charge is 0.254 e. The molecule has 0 spiro atoms. The van der Waals surface area contributed by atoms with Crippen molar-refractivity contribution in [1.29, 1.82) is 0 Å². The van der Waals surface area contributed by atoms with Crippen molar-refractivity contribution in [3.8, 4) is 0 Å². The zero-order chi connectivity index (χ0) is 14.8. The molecule has 2 nitrogen and oxygen atoms in total. The summed E-state index contributed by atoms with van der Waals surface area (Å²) in [5.41, 5.74) is 0.785. The second kappa shape index (κ2) is 5.64. The highest BCUT2D eigenvalue weighted by atomic mass is 19.1.